The molecule has 5 nitrogen and oxygen atoms in total. The van der Waals surface area contributed by atoms with E-state index in [1.54, 1.807) is 6.07 Å². The van der Waals surface area contributed by atoms with E-state index in [1.807, 2.05) is 14.0 Å². The van der Waals surface area contributed by atoms with Crippen molar-refractivity contribution in [3.63, 3.8) is 0 Å². The van der Waals surface area contributed by atoms with E-state index in [2.05, 4.69) is 15.2 Å². The number of halogens is 2. The molecule has 1 aromatic rings. The van der Waals surface area contributed by atoms with E-state index in [4.69, 9.17) is 4.74 Å². The van der Waals surface area contributed by atoms with Crippen molar-refractivity contribution in [2.24, 2.45) is 10.9 Å². The van der Waals surface area contributed by atoms with Gasteiger partial charge in [0.2, 0.25) is 0 Å². The Bertz CT molecular complexity index is 551. The summed E-state index contributed by atoms with van der Waals surface area (Å²) >= 11 is 0. The average molecular weight is 465 g/mol. The summed E-state index contributed by atoms with van der Waals surface area (Å²) in [5.74, 6) is 0.595. The second-order valence-corrected chi connectivity index (χ2v) is 6.22. The lowest BCUT2D eigenvalue weighted by Crippen LogP contribution is -2.40. The molecular formula is C18H29FIN3O2. The smallest absolute Gasteiger partial charge is 0.193 e. The monoisotopic (exact) mass is 465 g/mol. The number of guanidine groups is 1. The van der Waals surface area contributed by atoms with E-state index in [-0.39, 0.29) is 29.7 Å². The zero-order valence-electron chi connectivity index (χ0n) is 15.0. The normalized spacial score (nSPS) is 15.6. The molecule has 0 bridgehead atoms. The minimum absolute atomic E-state index is 0. The van der Waals surface area contributed by atoms with Crippen LogP contribution in [0.5, 0.6) is 5.75 Å². The van der Waals surface area contributed by atoms with Gasteiger partial charge in [-0.05, 0) is 49.8 Å². The molecule has 0 spiro atoms. The maximum atomic E-state index is 13.4. The summed E-state index contributed by atoms with van der Waals surface area (Å²) in [6.07, 6.45) is 3.39. The van der Waals surface area contributed by atoms with Gasteiger partial charge in [0.05, 0.1) is 6.54 Å². The third-order valence-corrected chi connectivity index (χ3v) is 4.33. The number of phenols is 1. The molecule has 1 aromatic carbocycles. The van der Waals surface area contributed by atoms with Gasteiger partial charge < -0.3 is 20.1 Å². The Balaban J connectivity index is 0.00000312. The van der Waals surface area contributed by atoms with Crippen LogP contribution in [-0.2, 0) is 11.3 Å². The first-order valence-electron chi connectivity index (χ1n) is 8.64. The number of ether oxygens (including phenoxy) is 1. The number of phenolic OH excluding ortho intramolecular Hbond substituents is 1. The van der Waals surface area contributed by atoms with E-state index in [0.29, 0.717) is 6.54 Å². The number of aliphatic imine (C=N–C) groups is 1. The molecule has 0 atom stereocenters. The van der Waals surface area contributed by atoms with Crippen LogP contribution in [0.25, 0.3) is 0 Å². The van der Waals surface area contributed by atoms with Gasteiger partial charge in [-0.3, -0.25) is 0 Å². The Hall–Kier alpha value is -1.09. The predicted octanol–water partition coefficient (Wildman–Crippen LogP) is 3.36. The van der Waals surface area contributed by atoms with Crippen LogP contribution >= 0.6 is 24.0 Å². The van der Waals surface area contributed by atoms with Gasteiger partial charge in [0.15, 0.2) is 17.5 Å². The van der Waals surface area contributed by atoms with Crippen LogP contribution in [0.3, 0.4) is 0 Å². The summed E-state index contributed by atoms with van der Waals surface area (Å²) in [7, 11) is 2.03. The molecule has 2 rings (SSSR count). The van der Waals surface area contributed by atoms with Gasteiger partial charge in [-0.25, -0.2) is 9.38 Å². The highest BCUT2D eigenvalue weighted by molar-refractivity contribution is 14.0. The molecular weight excluding hydrogens is 436 g/mol. The lowest BCUT2D eigenvalue weighted by atomic mass is 9.96. The molecule has 2 N–H and O–H groups in total. The fourth-order valence-corrected chi connectivity index (χ4v) is 2.80. The van der Waals surface area contributed by atoms with Gasteiger partial charge >= 0.3 is 0 Å². The van der Waals surface area contributed by atoms with E-state index in [0.717, 1.165) is 63.0 Å². The van der Waals surface area contributed by atoms with Gasteiger partial charge in [0.25, 0.3) is 0 Å². The second-order valence-electron chi connectivity index (χ2n) is 6.22. The highest BCUT2D eigenvalue weighted by Crippen LogP contribution is 2.19. The Morgan fingerprint density at radius 2 is 2.12 bits per heavy atom. The average Bonchev–Trinajstić information content (AvgIpc) is 2.60. The van der Waals surface area contributed by atoms with Crippen LogP contribution in [0.15, 0.2) is 23.2 Å². The number of aromatic hydroxyl groups is 1. The van der Waals surface area contributed by atoms with Gasteiger partial charge in [-0.2, -0.15) is 0 Å². The maximum absolute atomic E-state index is 13.4. The molecule has 1 saturated heterocycles. The molecule has 1 heterocycles. The fourth-order valence-electron chi connectivity index (χ4n) is 2.80. The molecule has 0 aliphatic carbocycles. The van der Waals surface area contributed by atoms with Crippen molar-refractivity contribution < 1.29 is 14.2 Å². The van der Waals surface area contributed by atoms with Crippen molar-refractivity contribution in [1.29, 1.82) is 0 Å². The van der Waals surface area contributed by atoms with Crippen LogP contribution in [0, 0.1) is 11.7 Å². The lowest BCUT2D eigenvalue weighted by Gasteiger charge is -2.26. The predicted molar refractivity (Wildman–Crippen MR) is 109 cm³/mol. The summed E-state index contributed by atoms with van der Waals surface area (Å²) in [5.41, 5.74) is 0.735. The van der Waals surface area contributed by atoms with Crippen molar-refractivity contribution >= 4 is 29.9 Å². The van der Waals surface area contributed by atoms with E-state index >= 15 is 0 Å². The largest absolute Gasteiger partial charge is 0.505 e. The van der Waals surface area contributed by atoms with Gasteiger partial charge in [-0.15, -0.1) is 24.0 Å². The number of rotatable bonds is 6. The van der Waals surface area contributed by atoms with Crippen molar-refractivity contribution in [1.82, 2.24) is 10.2 Å². The first-order chi connectivity index (χ1) is 11.6. The van der Waals surface area contributed by atoms with Crippen molar-refractivity contribution in [2.75, 3.05) is 33.4 Å². The quantitative estimate of drug-likeness (QED) is 0.385. The standard InChI is InChI=1S/C18H28FN3O2.HI/c1-3-20-18(21-13-15-4-5-17(23)16(19)12-15)22(2)9-6-14-7-10-24-11-8-14;/h4-5,12,14,23H,3,6-11,13H2,1-2H3,(H,20,21);1H. The Morgan fingerprint density at radius 3 is 2.76 bits per heavy atom. The lowest BCUT2D eigenvalue weighted by molar-refractivity contribution is 0.0625. The van der Waals surface area contributed by atoms with Crippen LogP contribution < -0.4 is 5.32 Å². The molecule has 1 aliphatic rings. The molecule has 7 heteroatoms. The summed E-state index contributed by atoms with van der Waals surface area (Å²) in [6.45, 7) is 5.86. The summed E-state index contributed by atoms with van der Waals surface area (Å²) in [6, 6.07) is 4.37. The van der Waals surface area contributed by atoms with Crippen LogP contribution in [-0.4, -0.2) is 49.3 Å². The third kappa shape index (κ3) is 7.35. The number of benzene rings is 1. The minimum atomic E-state index is -0.611. The SMILES string of the molecule is CCNC(=NCc1ccc(O)c(F)c1)N(C)CCC1CCOCC1.I. The summed E-state index contributed by atoms with van der Waals surface area (Å²) < 4.78 is 18.8. The molecule has 0 aromatic heterocycles. The Morgan fingerprint density at radius 1 is 1.40 bits per heavy atom. The molecule has 25 heavy (non-hydrogen) atoms. The molecule has 1 aliphatic heterocycles. The number of hydrogen-bond acceptors (Lipinski definition) is 3. The van der Waals surface area contributed by atoms with Crippen molar-refractivity contribution in [3.05, 3.63) is 29.6 Å². The zero-order chi connectivity index (χ0) is 17.4. The van der Waals surface area contributed by atoms with Crippen LogP contribution in [0.4, 0.5) is 4.39 Å². The third-order valence-electron chi connectivity index (χ3n) is 4.33. The molecule has 0 amide bonds. The van der Waals surface area contributed by atoms with E-state index < -0.39 is 5.82 Å². The summed E-state index contributed by atoms with van der Waals surface area (Å²) in [4.78, 5) is 6.70. The Kier molecular flexibility index (Phi) is 10.1. The molecule has 1 fully saturated rings. The van der Waals surface area contributed by atoms with E-state index in [1.165, 1.54) is 12.1 Å². The van der Waals surface area contributed by atoms with Gasteiger partial charge in [0.1, 0.15) is 0 Å². The van der Waals surface area contributed by atoms with Gasteiger partial charge in [0, 0.05) is 33.4 Å². The highest BCUT2D eigenvalue weighted by Gasteiger charge is 2.15. The zero-order valence-corrected chi connectivity index (χ0v) is 17.3. The summed E-state index contributed by atoms with van der Waals surface area (Å²) in [5, 5.41) is 12.5. The number of hydrogen-bond donors (Lipinski definition) is 2. The molecule has 0 saturated carbocycles. The Labute approximate surface area is 166 Å². The van der Waals surface area contributed by atoms with Crippen molar-refractivity contribution in [3.8, 4) is 5.75 Å². The maximum Gasteiger partial charge on any atom is 0.193 e. The van der Waals surface area contributed by atoms with Gasteiger partial charge in [-0.1, -0.05) is 6.07 Å². The number of nitrogens with one attached hydrogen (secondary N) is 1. The molecule has 0 radical (unpaired) electrons. The van der Waals surface area contributed by atoms with Crippen LogP contribution in [0.1, 0.15) is 31.7 Å². The van der Waals surface area contributed by atoms with Crippen LogP contribution in [0.2, 0.25) is 0 Å². The second kappa shape index (κ2) is 11.5. The minimum Gasteiger partial charge on any atom is -0.505 e. The van der Waals surface area contributed by atoms with E-state index in [9.17, 15) is 9.50 Å². The topological polar surface area (TPSA) is 57.1 Å². The van der Waals surface area contributed by atoms with Crippen molar-refractivity contribution in [2.45, 2.75) is 32.7 Å². The highest BCUT2D eigenvalue weighted by atomic mass is 127. The molecule has 0 unspecified atom stereocenters. The number of nitrogens with zero attached hydrogens (tertiary/aromatic N) is 2. The molecule has 142 valence electrons. The first-order valence-corrected chi connectivity index (χ1v) is 8.64. The fraction of sp³-hybridized carbons (Fsp3) is 0.611. The first kappa shape index (κ1) is 22.0.